The largest absolute Gasteiger partial charge is 0.395 e. The van der Waals surface area contributed by atoms with Gasteiger partial charge in [0.05, 0.1) is 6.61 Å². The smallest absolute Gasteiger partial charge is 0.0584 e. The lowest BCUT2D eigenvalue weighted by Crippen LogP contribution is -2.47. The summed E-state index contributed by atoms with van der Waals surface area (Å²) in [6.45, 7) is 9.46. The van der Waals surface area contributed by atoms with Gasteiger partial charge in [0.15, 0.2) is 0 Å². The molecule has 1 aliphatic rings. The maximum absolute atomic E-state index is 9.18. The molecule has 15 heavy (non-hydrogen) atoms. The summed E-state index contributed by atoms with van der Waals surface area (Å²) in [5, 5.41) is 12.8. The van der Waals surface area contributed by atoms with E-state index in [0.29, 0.717) is 17.5 Å². The lowest BCUT2D eigenvalue weighted by molar-refractivity contribution is 0.128. The van der Waals surface area contributed by atoms with Gasteiger partial charge in [0.2, 0.25) is 0 Å². The molecule has 1 fully saturated rings. The molecule has 0 heterocycles. The third-order valence-corrected chi connectivity index (χ3v) is 3.86. The molecule has 0 saturated heterocycles. The molecule has 2 nitrogen and oxygen atoms in total. The first-order valence-corrected chi connectivity index (χ1v) is 6.35. The summed E-state index contributed by atoms with van der Waals surface area (Å²) >= 11 is 0. The van der Waals surface area contributed by atoms with E-state index in [1.807, 2.05) is 0 Å². The lowest BCUT2D eigenvalue weighted by atomic mass is 9.70. The summed E-state index contributed by atoms with van der Waals surface area (Å²) < 4.78 is 0. The normalized spacial score (nSPS) is 32.6. The molecule has 2 unspecified atom stereocenters. The van der Waals surface area contributed by atoms with Gasteiger partial charge in [-0.05, 0) is 37.0 Å². The van der Waals surface area contributed by atoms with Gasteiger partial charge in [-0.1, -0.05) is 27.7 Å². The monoisotopic (exact) mass is 213 g/mol. The first-order valence-electron chi connectivity index (χ1n) is 6.35. The van der Waals surface area contributed by atoms with Crippen molar-refractivity contribution in [3.63, 3.8) is 0 Å². The Balaban J connectivity index is 2.44. The Morgan fingerprint density at radius 2 is 2.13 bits per heavy atom. The Labute approximate surface area is 94.5 Å². The fraction of sp³-hybridized carbons (Fsp3) is 1.00. The highest BCUT2D eigenvalue weighted by Gasteiger charge is 2.32. The molecule has 0 aromatic carbocycles. The lowest BCUT2D eigenvalue weighted by Gasteiger charge is -2.41. The van der Waals surface area contributed by atoms with Gasteiger partial charge in [-0.15, -0.1) is 0 Å². The first kappa shape index (κ1) is 13.0. The second kappa shape index (κ2) is 5.31. The van der Waals surface area contributed by atoms with Crippen LogP contribution in [0.3, 0.4) is 0 Å². The van der Waals surface area contributed by atoms with Crippen molar-refractivity contribution in [2.45, 2.75) is 65.5 Å². The van der Waals surface area contributed by atoms with Crippen LogP contribution < -0.4 is 5.32 Å². The average molecular weight is 213 g/mol. The molecule has 0 aromatic heterocycles. The van der Waals surface area contributed by atoms with Crippen LogP contribution in [0.1, 0.15) is 53.4 Å². The van der Waals surface area contributed by atoms with E-state index in [9.17, 15) is 5.11 Å². The molecule has 2 heteroatoms. The number of hydrogen-bond donors (Lipinski definition) is 2. The molecule has 1 saturated carbocycles. The highest BCUT2D eigenvalue weighted by atomic mass is 16.3. The number of aliphatic hydroxyl groups is 1. The number of aliphatic hydroxyl groups excluding tert-OH is 1. The van der Waals surface area contributed by atoms with Crippen molar-refractivity contribution >= 4 is 0 Å². The fourth-order valence-corrected chi connectivity index (χ4v) is 2.80. The molecule has 0 spiro atoms. The summed E-state index contributed by atoms with van der Waals surface area (Å²) in [5.41, 5.74) is 0.512. The van der Waals surface area contributed by atoms with Crippen LogP contribution in [0, 0.1) is 11.3 Å². The zero-order valence-electron chi connectivity index (χ0n) is 10.7. The first-order chi connectivity index (χ1) is 6.98. The van der Waals surface area contributed by atoms with Crippen molar-refractivity contribution < 1.29 is 5.11 Å². The molecule has 0 aromatic rings. The minimum Gasteiger partial charge on any atom is -0.395 e. The Morgan fingerprint density at radius 3 is 2.60 bits per heavy atom. The van der Waals surface area contributed by atoms with E-state index in [-0.39, 0.29) is 6.61 Å². The minimum absolute atomic E-state index is 0.267. The zero-order valence-corrected chi connectivity index (χ0v) is 10.7. The maximum atomic E-state index is 9.18. The zero-order chi connectivity index (χ0) is 11.5. The molecular formula is C13H27NO. The molecule has 0 aliphatic heterocycles. The molecule has 90 valence electrons. The molecule has 0 amide bonds. The van der Waals surface area contributed by atoms with Gasteiger partial charge in [-0.25, -0.2) is 0 Å². The number of rotatable bonds is 4. The summed E-state index contributed by atoms with van der Waals surface area (Å²) in [4.78, 5) is 0. The Morgan fingerprint density at radius 1 is 1.47 bits per heavy atom. The third-order valence-electron chi connectivity index (χ3n) is 3.86. The van der Waals surface area contributed by atoms with Crippen molar-refractivity contribution in [1.82, 2.24) is 5.32 Å². The highest BCUT2D eigenvalue weighted by Crippen LogP contribution is 2.38. The van der Waals surface area contributed by atoms with Crippen LogP contribution in [0.15, 0.2) is 0 Å². The van der Waals surface area contributed by atoms with E-state index >= 15 is 0 Å². The van der Waals surface area contributed by atoms with Crippen molar-refractivity contribution in [2.75, 3.05) is 6.61 Å². The maximum Gasteiger partial charge on any atom is 0.0584 e. The van der Waals surface area contributed by atoms with Crippen molar-refractivity contribution in [1.29, 1.82) is 0 Å². The van der Waals surface area contributed by atoms with Crippen LogP contribution in [0.25, 0.3) is 0 Å². The summed E-state index contributed by atoms with van der Waals surface area (Å²) in [6.07, 6.45) is 4.87. The molecule has 3 atom stereocenters. The molecule has 1 rings (SSSR count). The van der Waals surface area contributed by atoms with E-state index in [0.717, 1.165) is 12.3 Å². The molecular weight excluding hydrogens is 186 g/mol. The minimum atomic E-state index is 0.267. The Bertz CT molecular complexity index is 187. The van der Waals surface area contributed by atoms with E-state index in [1.54, 1.807) is 0 Å². The summed E-state index contributed by atoms with van der Waals surface area (Å²) in [7, 11) is 0. The van der Waals surface area contributed by atoms with Crippen LogP contribution in [0.2, 0.25) is 0 Å². The molecule has 1 aliphatic carbocycles. The van der Waals surface area contributed by atoms with E-state index in [2.05, 4.69) is 33.0 Å². The Kier molecular flexibility index (Phi) is 4.60. The van der Waals surface area contributed by atoms with Gasteiger partial charge in [-0.3, -0.25) is 0 Å². The second-order valence-electron chi connectivity index (χ2n) is 5.95. The Hall–Kier alpha value is -0.0800. The van der Waals surface area contributed by atoms with E-state index in [4.69, 9.17) is 0 Å². The van der Waals surface area contributed by atoms with Gasteiger partial charge in [-0.2, -0.15) is 0 Å². The van der Waals surface area contributed by atoms with Crippen LogP contribution in [0.4, 0.5) is 0 Å². The van der Waals surface area contributed by atoms with Crippen molar-refractivity contribution in [3.05, 3.63) is 0 Å². The van der Waals surface area contributed by atoms with Crippen LogP contribution in [0.5, 0.6) is 0 Å². The predicted octanol–water partition coefficient (Wildman–Crippen LogP) is 2.56. The van der Waals surface area contributed by atoms with E-state index < -0.39 is 0 Å². The third kappa shape index (κ3) is 3.76. The van der Waals surface area contributed by atoms with Crippen LogP contribution >= 0.6 is 0 Å². The molecule has 0 bridgehead atoms. The van der Waals surface area contributed by atoms with Crippen molar-refractivity contribution in [3.8, 4) is 0 Å². The predicted molar refractivity (Wildman–Crippen MR) is 64.9 cm³/mol. The number of hydrogen-bond acceptors (Lipinski definition) is 2. The second-order valence-corrected chi connectivity index (χ2v) is 5.95. The highest BCUT2D eigenvalue weighted by molar-refractivity contribution is 4.88. The van der Waals surface area contributed by atoms with Gasteiger partial charge >= 0.3 is 0 Å². The van der Waals surface area contributed by atoms with Crippen LogP contribution in [-0.2, 0) is 0 Å². The van der Waals surface area contributed by atoms with Gasteiger partial charge in [0.25, 0.3) is 0 Å². The molecule has 0 radical (unpaired) electrons. The summed E-state index contributed by atoms with van der Waals surface area (Å²) in [6, 6.07) is 0.897. The van der Waals surface area contributed by atoms with E-state index in [1.165, 1.54) is 19.3 Å². The molecule has 2 N–H and O–H groups in total. The average Bonchev–Trinajstić information content (AvgIpc) is 2.16. The van der Waals surface area contributed by atoms with Crippen molar-refractivity contribution in [2.24, 2.45) is 11.3 Å². The van der Waals surface area contributed by atoms with Gasteiger partial charge < -0.3 is 10.4 Å². The summed E-state index contributed by atoms with van der Waals surface area (Å²) in [5.74, 6) is 0.731. The number of nitrogens with one attached hydrogen (secondary N) is 1. The van der Waals surface area contributed by atoms with Gasteiger partial charge in [0.1, 0.15) is 0 Å². The van der Waals surface area contributed by atoms with Gasteiger partial charge in [0, 0.05) is 12.1 Å². The topological polar surface area (TPSA) is 32.3 Å². The fourth-order valence-electron chi connectivity index (χ4n) is 2.80. The quantitative estimate of drug-likeness (QED) is 0.752. The SMILES string of the molecule is CC[C@H](CO)NC1CCC(C)(C)CC1C. The standard InChI is InChI=1S/C13H27NO/c1-5-11(9-15)14-12-6-7-13(3,4)8-10(12)2/h10-12,14-15H,5-9H2,1-4H3/t10?,11-,12?/m1/s1. The van der Waals surface area contributed by atoms with Crippen LogP contribution in [-0.4, -0.2) is 23.8 Å².